The summed E-state index contributed by atoms with van der Waals surface area (Å²) in [5.74, 6) is 2.27. The zero-order valence-corrected chi connectivity index (χ0v) is 18.1. The SMILES string of the molecule is CC(CC1CCC(CCc2ccc(-c3ccc(F)cc3)cc2)CC1)c1ccccc1. The minimum atomic E-state index is -0.181. The molecule has 3 aromatic carbocycles. The lowest BCUT2D eigenvalue weighted by Gasteiger charge is -2.30. The Kier molecular flexibility index (Phi) is 7.00. The molecule has 0 amide bonds. The number of hydrogen-bond donors (Lipinski definition) is 0. The van der Waals surface area contributed by atoms with Crippen molar-refractivity contribution in [3.8, 4) is 11.1 Å². The van der Waals surface area contributed by atoms with Gasteiger partial charge in [0.15, 0.2) is 0 Å². The molecule has 0 aliphatic heterocycles. The fourth-order valence-electron chi connectivity index (χ4n) is 5.05. The number of rotatable bonds is 7. The van der Waals surface area contributed by atoms with Gasteiger partial charge in [0.2, 0.25) is 0 Å². The van der Waals surface area contributed by atoms with Gasteiger partial charge in [-0.25, -0.2) is 4.39 Å². The van der Waals surface area contributed by atoms with Crippen molar-refractivity contribution in [2.24, 2.45) is 11.8 Å². The predicted octanol–water partition coefficient (Wildman–Crippen LogP) is 8.43. The van der Waals surface area contributed by atoms with Gasteiger partial charge >= 0.3 is 0 Å². The van der Waals surface area contributed by atoms with Crippen molar-refractivity contribution in [1.29, 1.82) is 0 Å². The zero-order valence-electron chi connectivity index (χ0n) is 18.1. The maximum Gasteiger partial charge on any atom is 0.123 e. The Labute approximate surface area is 181 Å². The number of hydrogen-bond acceptors (Lipinski definition) is 0. The normalized spacial score (nSPS) is 20.1. The molecule has 1 aliphatic rings. The van der Waals surface area contributed by atoms with Crippen LogP contribution in [0.1, 0.15) is 62.5 Å². The van der Waals surface area contributed by atoms with Crippen LogP contribution in [0.15, 0.2) is 78.9 Å². The first-order valence-electron chi connectivity index (χ1n) is 11.6. The van der Waals surface area contributed by atoms with E-state index in [1.165, 1.54) is 68.2 Å². The first-order chi connectivity index (χ1) is 14.7. The van der Waals surface area contributed by atoms with Crippen LogP contribution in [0, 0.1) is 17.7 Å². The van der Waals surface area contributed by atoms with Crippen LogP contribution < -0.4 is 0 Å². The second-order valence-electron chi connectivity index (χ2n) is 9.18. The van der Waals surface area contributed by atoms with Gasteiger partial charge in [0.25, 0.3) is 0 Å². The molecule has 4 rings (SSSR count). The Bertz CT molecular complexity index is 887. The molecule has 1 unspecified atom stereocenters. The Morgan fingerprint density at radius 1 is 0.733 bits per heavy atom. The van der Waals surface area contributed by atoms with Crippen molar-refractivity contribution in [2.75, 3.05) is 0 Å². The third-order valence-electron chi connectivity index (χ3n) is 6.99. The average Bonchev–Trinajstić information content (AvgIpc) is 2.80. The Morgan fingerprint density at radius 3 is 1.93 bits per heavy atom. The summed E-state index contributed by atoms with van der Waals surface area (Å²) in [4.78, 5) is 0. The molecule has 1 aliphatic carbocycles. The summed E-state index contributed by atoms with van der Waals surface area (Å²) in [6.07, 6.45) is 9.37. The monoisotopic (exact) mass is 400 g/mol. The molecule has 1 atom stereocenters. The van der Waals surface area contributed by atoms with Crippen LogP contribution in [0.4, 0.5) is 4.39 Å². The summed E-state index contributed by atoms with van der Waals surface area (Å²) in [5.41, 5.74) is 5.14. The van der Waals surface area contributed by atoms with E-state index in [-0.39, 0.29) is 5.82 Å². The molecule has 30 heavy (non-hydrogen) atoms. The van der Waals surface area contributed by atoms with Crippen LogP contribution >= 0.6 is 0 Å². The molecule has 0 spiro atoms. The van der Waals surface area contributed by atoms with Crippen molar-refractivity contribution in [2.45, 2.75) is 57.8 Å². The van der Waals surface area contributed by atoms with Crippen LogP contribution in [-0.2, 0) is 6.42 Å². The van der Waals surface area contributed by atoms with E-state index in [1.807, 2.05) is 12.1 Å². The van der Waals surface area contributed by atoms with E-state index in [4.69, 9.17) is 0 Å². The van der Waals surface area contributed by atoms with Crippen LogP contribution in [0.2, 0.25) is 0 Å². The molecule has 3 aromatic rings. The molecule has 156 valence electrons. The van der Waals surface area contributed by atoms with Gasteiger partial charge in [-0.3, -0.25) is 0 Å². The summed E-state index contributed by atoms with van der Waals surface area (Å²) in [7, 11) is 0. The highest BCUT2D eigenvalue weighted by atomic mass is 19.1. The summed E-state index contributed by atoms with van der Waals surface area (Å²) in [5, 5.41) is 0. The van der Waals surface area contributed by atoms with Gasteiger partial charge in [-0.1, -0.05) is 99.3 Å². The van der Waals surface area contributed by atoms with Crippen molar-refractivity contribution in [3.63, 3.8) is 0 Å². The smallest absolute Gasteiger partial charge is 0.123 e. The Balaban J connectivity index is 1.21. The van der Waals surface area contributed by atoms with Crippen LogP contribution in [0.3, 0.4) is 0 Å². The molecule has 0 radical (unpaired) electrons. The summed E-state index contributed by atoms with van der Waals surface area (Å²) in [6, 6.07) is 26.6. The van der Waals surface area contributed by atoms with E-state index in [0.29, 0.717) is 5.92 Å². The van der Waals surface area contributed by atoms with Crippen LogP contribution in [0.5, 0.6) is 0 Å². The fraction of sp³-hybridized carbons (Fsp3) is 0.379. The van der Waals surface area contributed by atoms with Gasteiger partial charge in [-0.15, -0.1) is 0 Å². The fourth-order valence-corrected chi connectivity index (χ4v) is 5.05. The maximum absolute atomic E-state index is 13.1. The molecule has 1 heteroatoms. The van der Waals surface area contributed by atoms with E-state index in [1.54, 1.807) is 0 Å². The average molecular weight is 401 g/mol. The van der Waals surface area contributed by atoms with Crippen LogP contribution in [-0.4, -0.2) is 0 Å². The number of benzene rings is 3. The predicted molar refractivity (Wildman–Crippen MR) is 125 cm³/mol. The van der Waals surface area contributed by atoms with Crippen molar-refractivity contribution in [3.05, 3.63) is 95.8 Å². The first-order valence-corrected chi connectivity index (χ1v) is 11.6. The zero-order chi connectivity index (χ0) is 20.8. The highest BCUT2D eigenvalue weighted by molar-refractivity contribution is 5.63. The maximum atomic E-state index is 13.1. The molecular formula is C29H33F. The van der Waals surface area contributed by atoms with Crippen molar-refractivity contribution < 1.29 is 4.39 Å². The van der Waals surface area contributed by atoms with Gasteiger partial charge < -0.3 is 0 Å². The van der Waals surface area contributed by atoms with Crippen molar-refractivity contribution in [1.82, 2.24) is 0 Å². The minimum Gasteiger partial charge on any atom is -0.207 e. The highest BCUT2D eigenvalue weighted by Crippen LogP contribution is 2.37. The second-order valence-corrected chi connectivity index (χ2v) is 9.18. The molecule has 0 heterocycles. The Hall–Kier alpha value is -2.41. The lowest BCUT2D eigenvalue weighted by Crippen LogP contribution is -2.16. The molecule has 1 saturated carbocycles. The van der Waals surface area contributed by atoms with E-state index in [2.05, 4.69) is 61.5 Å². The van der Waals surface area contributed by atoms with E-state index < -0.39 is 0 Å². The number of halogens is 1. The minimum absolute atomic E-state index is 0.181. The Morgan fingerprint density at radius 2 is 1.30 bits per heavy atom. The van der Waals surface area contributed by atoms with Gasteiger partial charge in [0.05, 0.1) is 0 Å². The van der Waals surface area contributed by atoms with Gasteiger partial charge in [-0.05, 0) is 71.4 Å². The molecule has 0 N–H and O–H groups in total. The highest BCUT2D eigenvalue weighted by Gasteiger charge is 2.23. The summed E-state index contributed by atoms with van der Waals surface area (Å²) < 4.78 is 13.1. The molecular weight excluding hydrogens is 367 g/mol. The lowest BCUT2D eigenvalue weighted by molar-refractivity contribution is 0.245. The van der Waals surface area contributed by atoms with E-state index in [0.717, 1.165) is 23.0 Å². The first kappa shape index (κ1) is 20.8. The number of aryl methyl sites for hydroxylation is 1. The molecule has 0 saturated heterocycles. The van der Waals surface area contributed by atoms with Crippen LogP contribution in [0.25, 0.3) is 11.1 Å². The third-order valence-corrected chi connectivity index (χ3v) is 6.99. The topological polar surface area (TPSA) is 0 Å². The standard InChI is InChI=1S/C29H33F/c1-22(26-5-3-2-4-6-26)21-25-11-9-23(10-12-25)7-8-24-13-15-27(16-14-24)28-17-19-29(30)20-18-28/h2-6,13-20,22-23,25H,7-12,21H2,1H3. The van der Waals surface area contributed by atoms with Gasteiger partial charge in [0, 0.05) is 0 Å². The van der Waals surface area contributed by atoms with E-state index in [9.17, 15) is 4.39 Å². The molecule has 0 nitrogen and oxygen atoms in total. The second kappa shape index (κ2) is 10.1. The van der Waals surface area contributed by atoms with Gasteiger partial charge in [0.1, 0.15) is 5.82 Å². The quantitative estimate of drug-likeness (QED) is 0.373. The van der Waals surface area contributed by atoms with E-state index >= 15 is 0 Å². The lowest BCUT2D eigenvalue weighted by atomic mass is 9.75. The van der Waals surface area contributed by atoms with Crippen molar-refractivity contribution >= 4 is 0 Å². The third kappa shape index (κ3) is 5.59. The molecule has 0 aromatic heterocycles. The summed E-state index contributed by atoms with van der Waals surface area (Å²) in [6.45, 7) is 2.39. The largest absolute Gasteiger partial charge is 0.207 e. The molecule has 1 fully saturated rings. The summed E-state index contributed by atoms with van der Waals surface area (Å²) >= 11 is 0. The van der Waals surface area contributed by atoms with Gasteiger partial charge in [-0.2, -0.15) is 0 Å². The molecule has 0 bridgehead atoms.